The Balaban J connectivity index is 1.21. The monoisotopic (exact) mass is 580 g/mol. The van der Waals surface area contributed by atoms with E-state index in [-0.39, 0.29) is 6.04 Å². The molecule has 1 atom stereocenters. The van der Waals surface area contributed by atoms with E-state index in [1.165, 1.54) is 42.0 Å². The maximum absolute atomic E-state index is 9.56. The predicted octanol–water partition coefficient (Wildman–Crippen LogP) is 9.98. The van der Waals surface area contributed by atoms with Crippen LogP contribution in [0.15, 0.2) is 138 Å². The number of hydrogen-bond donors (Lipinski definition) is 1. The van der Waals surface area contributed by atoms with E-state index in [9.17, 15) is 5.26 Å². The highest BCUT2D eigenvalue weighted by molar-refractivity contribution is 7.25. The molecule has 1 N–H and O–H groups in total. The number of thiophene rings is 1. The molecule has 44 heavy (non-hydrogen) atoms. The molecule has 0 fully saturated rings. The number of nitriles is 1. The summed E-state index contributed by atoms with van der Waals surface area (Å²) < 4.78 is 5.01. The second kappa shape index (κ2) is 9.67. The standard InChI is InChI=1S/C39H24N4S/c40-23-24-14-19-30-33(20-24)41-39(26-8-2-1-3-9-26)42-38(30)25-15-17-27(18-16-25)43-34-12-6-4-10-28(34)31-22-37-32(21-35(31)43)29-11-5-7-13-36(29)44-37/h1-22,38H,(H,41,42). The van der Waals surface area contributed by atoms with E-state index in [2.05, 4.69) is 113 Å². The van der Waals surface area contributed by atoms with Crippen LogP contribution in [-0.2, 0) is 0 Å². The maximum Gasteiger partial charge on any atom is 0.133 e. The van der Waals surface area contributed by atoms with Gasteiger partial charge in [0.1, 0.15) is 11.9 Å². The first-order chi connectivity index (χ1) is 21.7. The first-order valence-corrected chi connectivity index (χ1v) is 15.5. The average Bonchev–Trinajstić information content (AvgIpc) is 3.61. The Hall–Kier alpha value is -5.70. The zero-order valence-corrected chi connectivity index (χ0v) is 24.3. The van der Waals surface area contributed by atoms with Gasteiger partial charge in [0, 0.05) is 53.4 Å². The van der Waals surface area contributed by atoms with Gasteiger partial charge in [-0.05, 0) is 54.1 Å². The van der Waals surface area contributed by atoms with Crippen LogP contribution >= 0.6 is 11.3 Å². The van der Waals surface area contributed by atoms with Crippen LogP contribution in [0, 0.1) is 11.3 Å². The van der Waals surface area contributed by atoms with Gasteiger partial charge in [0.2, 0.25) is 0 Å². The molecule has 8 aromatic rings. The van der Waals surface area contributed by atoms with Crippen molar-refractivity contribution in [3.05, 3.63) is 156 Å². The molecule has 2 aromatic heterocycles. The smallest absolute Gasteiger partial charge is 0.133 e. The lowest BCUT2D eigenvalue weighted by atomic mass is 9.94. The van der Waals surface area contributed by atoms with Gasteiger partial charge in [-0.2, -0.15) is 5.26 Å². The van der Waals surface area contributed by atoms with Crippen molar-refractivity contribution in [3.63, 3.8) is 0 Å². The minimum Gasteiger partial charge on any atom is -0.340 e. The molecule has 0 saturated heterocycles. The summed E-state index contributed by atoms with van der Waals surface area (Å²) in [4.78, 5) is 5.19. The van der Waals surface area contributed by atoms with Crippen LogP contribution in [0.3, 0.4) is 0 Å². The van der Waals surface area contributed by atoms with Crippen LogP contribution in [0.1, 0.15) is 28.3 Å². The quantitative estimate of drug-likeness (QED) is 0.226. The summed E-state index contributed by atoms with van der Waals surface area (Å²) in [6.45, 7) is 0. The third-order valence-corrected chi connectivity index (χ3v) is 9.81. The molecule has 5 heteroatoms. The van der Waals surface area contributed by atoms with Crippen molar-refractivity contribution >= 4 is 64.8 Å². The Kier molecular flexibility index (Phi) is 5.46. The number of amidine groups is 1. The zero-order valence-electron chi connectivity index (χ0n) is 23.5. The van der Waals surface area contributed by atoms with Gasteiger partial charge in [-0.3, -0.25) is 4.99 Å². The largest absolute Gasteiger partial charge is 0.340 e. The summed E-state index contributed by atoms with van der Waals surface area (Å²) in [5.74, 6) is 0.802. The van der Waals surface area contributed by atoms with E-state index >= 15 is 0 Å². The summed E-state index contributed by atoms with van der Waals surface area (Å²) in [6, 6.07) is 48.9. The van der Waals surface area contributed by atoms with Crippen molar-refractivity contribution in [2.45, 2.75) is 6.04 Å². The van der Waals surface area contributed by atoms with Crippen LogP contribution in [0.5, 0.6) is 0 Å². The van der Waals surface area contributed by atoms with Gasteiger partial charge in [0.15, 0.2) is 0 Å². The number of para-hydroxylation sites is 1. The normalized spacial score (nSPS) is 14.4. The van der Waals surface area contributed by atoms with Gasteiger partial charge in [-0.1, -0.05) is 84.9 Å². The Morgan fingerprint density at radius 1 is 0.659 bits per heavy atom. The van der Waals surface area contributed by atoms with Crippen molar-refractivity contribution in [3.8, 4) is 11.8 Å². The highest BCUT2D eigenvalue weighted by Crippen LogP contribution is 2.41. The van der Waals surface area contributed by atoms with Crippen molar-refractivity contribution < 1.29 is 0 Å². The van der Waals surface area contributed by atoms with E-state index < -0.39 is 0 Å². The van der Waals surface area contributed by atoms with Gasteiger partial charge in [-0.25, -0.2) is 0 Å². The highest BCUT2D eigenvalue weighted by Gasteiger charge is 2.24. The van der Waals surface area contributed by atoms with E-state index in [4.69, 9.17) is 4.99 Å². The predicted molar refractivity (Wildman–Crippen MR) is 183 cm³/mol. The maximum atomic E-state index is 9.56. The molecule has 0 radical (unpaired) electrons. The number of hydrogen-bond acceptors (Lipinski definition) is 4. The zero-order chi connectivity index (χ0) is 29.2. The number of anilines is 1. The average molecular weight is 581 g/mol. The van der Waals surface area contributed by atoms with Crippen LogP contribution in [-0.4, -0.2) is 10.4 Å². The molecule has 0 saturated carbocycles. The van der Waals surface area contributed by atoms with Crippen LogP contribution < -0.4 is 5.32 Å². The third kappa shape index (κ3) is 3.79. The molecule has 1 aliphatic heterocycles. The lowest BCUT2D eigenvalue weighted by Crippen LogP contribution is -2.22. The minimum absolute atomic E-state index is 0.196. The third-order valence-electron chi connectivity index (χ3n) is 8.67. The molecule has 0 amide bonds. The summed E-state index contributed by atoms with van der Waals surface area (Å²) >= 11 is 1.86. The SMILES string of the molecule is N#Cc1ccc2c(c1)NC(c1ccccc1)=NC2c1ccc(-n2c3ccccc3c3cc4sc5ccccc5c4cc32)cc1. The van der Waals surface area contributed by atoms with Gasteiger partial charge >= 0.3 is 0 Å². The van der Waals surface area contributed by atoms with Gasteiger partial charge < -0.3 is 9.88 Å². The Morgan fingerprint density at radius 2 is 1.43 bits per heavy atom. The number of fused-ring (bicyclic) bond motifs is 7. The molecule has 9 rings (SSSR count). The van der Waals surface area contributed by atoms with Crippen molar-refractivity contribution in [1.82, 2.24) is 4.57 Å². The van der Waals surface area contributed by atoms with Crippen molar-refractivity contribution in [2.75, 3.05) is 5.32 Å². The van der Waals surface area contributed by atoms with E-state index in [0.29, 0.717) is 5.56 Å². The van der Waals surface area contributed by atoms with E-state index in [0.717, 1.165) is 33.9 Å². The molecule has 1 unspecified atom stereocenters. The Labute approximate surface area is 257 Å². The number of aliphatic imine (C=N–C) groups is 1. The van der Waals surface area contributed by atoms with E-state index in [1.807, 2.05) is 47.7 Å². The lowest BCUT2D eigenvalue weighted by Gasteiger charge is -2.26. The molecule has 1 aliphatic rings. The molecule has 0 bridgehead atoms. The molecule has 4 nitrogen and oxygen atoms in total. The molecule has 206 valence electrons. The van der Waals surface area contributed by atoms with Crippen molar-refractivity contribution in [2.24, 2.45) is 4.99 Å². The van der Waals surface area contributed by atoms with Crippen LogP contribution in [0.4, 0.5) is 5.69 Å². The summed E-state index contributed by atoms with van der Waals surface area (Å²) in [5.41, 5.74) is 8.22. The first kappa shape index (κ1) is 24.9. The highest BCUT2D eigenvalue weighted by atomic mass is 32.1. The first-order valence-electron chi connectivity index (χ1n) is 14.6. The fourth-order valence-electron chi connectivity index (χ4n) is 6.60. The fraction of sp³-hybridized carbons (Fsp3) is 0.0256. The second-order valence-corrected chi connectivity index (χ2v) is 12.3. The lowest BCUT2D eigenvalue weighted by molar-refractivity contribution is 0.862. The number of nitrogens with one attached hydrogen (secondary N) is 1. The second-order valence-electron chi connectivity index (χ2n) is 11.2. The van der Waals surface area contributed by atoms with Crippen LogP contribution in [0.2, 0.25) is 0 Å². The minimum atomic E-state index is -0.196. The van der Waals surface area contributed by atoms with Gasteiger partial charge in [0.25, 0.3) is 0 Å². The summed E-state index contributed by atoms with van der Waals surface area (Å²) in [5, 5.41) is 18.2. The number of rotatable bonds is 3. The van der Waals surface area contributed by atoms with Crippen molar-refractivity contribution in [1.29, 1.82) is 5.26 Å². The van der Waals surface area contributed by atoms with Crippen LogP contribution in [0.25, 0.3) is 47.7 Å². The Morgan fingerprint density at radius 3 is 2.27 bits per heavy atom. The molecule has 0 spiro atoms. The van der Waals surface area contributed by atoms with Gasteiger partial charge in [0.05, 0.1) is 22.7 Å². The molecular formula is C39H24N4S. The topological polar surface area (TPSA) is 53.1 Å². The van der Waals surface area contributed by atoms with Gasteiger partial charge in [-0.15, -0.1) is 11.3 Å². The number of benzene rings is 6. The number of nitrogens with zero attached hydrogens (tertiary/aromatic N) is 3. The molecule has 3 heterocycles. The number of aromatic nitrogens is 1. The fourth-order valence-corrected chi connectivity index (χ4v) is 7.73. The summed E-state index contributed by atoms with van der Waals surface area (Å²) in [7, 11) is 0. The molecular weight excluding hydrogens is 557 g/mol. The van der Waals surface area contributed by atoms with E-state index in [1.54, 1.807) is 0 Å². The molecule has 0 aliphatic carbocycles. The summed E-state index contributed by atoms with van der Waals surface area (Å²) in [6.07, 6.45) is 0. The Bertz CT molecular complexity index is 2480. The molecule has 6 aromatic carbocycles.